The Bertz CT molecular complexity index is 902. The van der Waals surface area contributed by atoms with Crippen LogP contribution < -0.4 is 10.6 Å². The fraction of sp³-hybridized carbons (Fsp3) is 0.400. The fourth-order valence-electron chi connectivity index (χ4n) is 2.81. The van der Waals surface area contributed by atoms with Crippen LogP contribution in [-0.2, 0) is 19.4 Å². The first-order chi connectivity index (χ1) is 13.7. The molecule has 0 saturated heterocycles. The van der Waals surface area contributed by atoms with Crippen molar-refractivity contribution in [2.75, 3.05) is 20.1 Å². The van der Waals surface area contributed by atoms with Crippen molar-refractivity contribution < 1.29 is 0 Å². The van der Waals surface area contributed by atoms with Gasteiger partial charge in [-0.05, 0) is 6.92 Å². The predicted molar refractivity (Wildman–Crippen MR) is 130 cm³/mol. The predicted octanol–water partition coefficient (Wildman–Crippen LogP) is 3.30. The van der Waals surface area contributed by atoms with Crippen LogP contribution in [0.15, 0.2) is 41.0 Å². The number of benzene rings is 1. The number of aromatic nitrogens is 4. The Kier molecular flexibility index (Phi) is 9.52. The van der Waals surface area contributed by atoms with Crippen molar-refractivity contribution in [3.8, 4) is 10.6 Å². The number of nitrogens with zero attached hydrogens (tertiary/aromatic N) is 5. The van der Waals surface area contributed by atoms with Crippen molar-refractivity contribution in [1.82, 2.24) is 30.4 Å². The van der Waals surface area contributed by atoms with Gasteiger partial charge >= 0.3 is 0 Å². The molecule has 2 aromatic heterocycles. The molecule has 0 saturated carbocycles. The Labute approximate surface area is 193 Å². The normalized spacial score (nSPS) is 11.2. The van der Waals surface area contributed by atoms with Crippen LogP contribution in [0.5, 0.6) is 0 Å². The van der Waals surface area contributed by atoms with Gasteiger partial charge in [0.05, 0.1) is 5.69 Å². The van der Waals surface area contributed by atoms with Gasteiger partial charge in [0.25, 0.3) is 0 Å². The van der Waals surface area contributed by atoms with Crippen molar-refractivity contribution >= 4 is 41.3 Å². The number of nitrogens with one attached hydrogen (secondary N) is 2. The van der Waals surface area contributed by atoms with Gasteiger partial charge in [-0.3, -0.25) is 4.99 Å². The summed E-state index contributed by atoms with van der Waals surface area (Å²) < 4.78 is 2.06. The van der Waals surface area contributed by atoms with Crippen molar-refractivity contribution in [2.24, 2.45) is 4.99 Å². The number of hydrogen-bond acceptors (Lipinski definition) is 5. The Morgan fingerprint density at radius 2 is 1.93 bits per heavy atom. The van der Waals surface area contributed by atoms with E-state index in [4.69, 9.17) is 4.98 Å². The molecule has 0 fully saturated rings. The van der Waals surface area contributed by atoms with E-state index >= 15 is 0 Å². The number of aryl methyl sites for hydroxylation is 2. The molecule has 0 spiro atoms. The van der Waals surface area contributed by atoms with Gasteiger partial charge in [-0.15, -0.1) is 45.5 Å². The number of guanidine groups is 1. The van der Waals surface area contributed by atoms with Gasteiger partial charge < -0.3 is 15.2 Å². The van der Waals surface area contributed by atoms with Gasteiger partial charge in [-0.25, -0.2) is 4.98 Å². The van der Waals surface area contributed by atoms with Crippen LogP contribution in [0.4, 0.5) is 0 Å². The van der Waals surface area contributed by atoms with Crippen LogP contribution in [0, 0.1) is 6.92 Å². The second-order valence-corrected chi connectivity index (χ2v) is 7.34. The molecule has 156 valence electrons. The number of thiazole rings is 1. The largest absolute Gasteiger partial charge is 0.356 e. The molecule has 2 N–H and O–H groups in total. The highest BCUT2D eigenvalue weighted by atomic mass is 127. The van der Waals surface area contributed by atoms with Crippen LogP contribution >= 0.6 is 35.3 Å². The second-order valence-electron chi connectivity index (χ2n) is 6.48. The molecule has 3 rings (SSSR count). The summed E-state index contributed by atoms with van der Waals surface area (Å²) in [6.45, 7) is 6.53. The molecular formula is C20H28IN7S. The van der Waals surface area contributed by atoms with E-state index in [0.717, 1.165) is 55.0 Å². The van der Waals surface area contributed by atoms with Gasteiger partial charge in [-0.2, -0.15) is 0 Å². The highest BCUT2D eigenvalue weighted by Gasteiger charge is 2.06. The molecule has 0 aliphatic heterocycles. The van der Waals surface area contributed by atoms with Crippen LogP contribution in [0.2, 0.25) is 0 Å². The molecular weight excluding hydrogens is 497 g/mol. The molecule has 7 nitrogen and oxygen atoms in total. The molecule has 0 aliphatic carbocycles. The van der Waals surface area contributed by atoms with E-state index in [1.807, 2.05) is 0 Å². The minimum Gasteiger partial charge on any atom is -0.356 e. The quantitative estimate of drug-likeness (QED) is 0.268. The standard InChI is InChI=1S/C20H27N7S.HI/c1-4-18-26-24-14-27(18)12-11-23-20(21-3)22-10-9-17-13-28-19(25-17)16-7-5-15(2)6-8-16;/h5-8,13-14H,4,9-12H2,1-3H3,(H2,21,22,23);1H. The topological polar surface area (TPSA) is 80.0 Å². The Morgan fingerprint density at radius 1 is 1.17 bits per heavy atom. The zero-order chi connectivity index (χ0) is 19.8. The van der Waals surface area contributed by atoms with Gasteiger partial charge in [-0.1, -0.05) is 36.8 Å². The third-order valence-electron chi connectivity index (χ3n) is 4.40. The minimum atomic E-state index is 0. The van der Waals surface area contributed by atoms with Crippen LogP contribution in [0.1, 0.15) is 24.0 Å². The highest BCUT2D eigenvalue weighted by molar-refractivity contribution is 14.0. The Hall–Kier alpha value is -2.01. The molecule has 0 radical (unpaired) electrons. The monoisotopic (exact) mass is 525 g/mol. The zero-order valence-corrected chi connectivity index (χ0v) is 20.2. The summed E-state index contributed by atoms with van der Waals surface area (Å²) in [6, 6.07) is 8.50. The van der Waals surface area contributed by atoms with E-state index in [1.165, 1.54) is 11.1 Å². The molecule has 2 heterocycles. The summed E-state index contributed by atoms with van der Waals surface area (Å²) in [6.07, 6.45) is 3.50. The Morgan fingerprint density at radius 3 is 2.66 bits per heavy atom. The summed E-state index contributed by atoms with van der Waals surface area (Å²) in [5, 5.41) is 17.9. The highest BCUT2D eigenvalue weighted by Crippen LogP contribution is 2.24. The molecule has 0 atom stereocenters. The van der Waals surface area contributed by atoms with E-state index < -0.39 is 0 Å². The molecule has 3 aromatic rings. The number of halogens is 1. The van der Waals surface area contributed by atoms with Crippen LogP contribution in [-0.4, -0.2) is 45.8 Å². The Balaban J connectivity index is 0.00000300. The van der Waals surface area contributed by atoms with E-state index in [2.05, 4.69) is 73.9 Å². The maximum absolute atomic E-state index is 4.75. The number of rotatable bonds is 8. The third-order valence-corrected chi connectivity index (χ3v) is 5.34. The number of aliphatic imine (C=N–C) groups is 1. The average molecular weight is 525 g/mol. The third kappa shape index (κ3) is 6.77. The summed E-state index contributed by atoms with van der Waals surface area (Å²) in [5.41, 5.74) is 3.53. The molecule has 0 bridgehead atoms. The first-order valence-corrected chi connectivity index (χ1v) is 10.4. The van der Waals surface area contributed by atoms with E-state index in [1.54, 1.807) is 24.7 Å². The van der Waals surface area contributed by atoms with Crippen molar-refractivity contribution in [1.29, 1.82) is 0 Å². The lowest BCUT2D eigenvalue weighted by atomic mass is 10.2. The van der Waals surface area contributed by atoms with Crippen molar-refractivity contribution in [2.45, 2.75) is 33.2 Å². The van der Waals surface area contributed by atoms with E-state index in [0.29, 0.717) is 0 Å². The maximum atomic E-state index is 4.75. The molecule has 0 amide bonds. The summed E-state index contributed by atoms with van der Waals surface area (Å²) in [4.78, 5) is 9.03. The van der Waals surface area contributed by atoms with Crippen LogP contribution in [0.25, 0.3) is 10.6 Å². The summed E-state index contributed by atoms with van der Waals surface area (Å²) >= 11 is 1.69. The van der Waals surface area contributed by atoms with E-state index in [-0.39, 0.29) is 24.0 Å². The summed E-state index contributed by atoms with van der Waals surface area (Å²) in [7, 11) is 1.78. The van der Waals surface area contributed by atoms with Gasteiger partial charge in [0.2, 0.25) is 0 Å². The van der Waals surface area contributed by atoms with Gasteiger partial charge in [0.15, 0.2) is 5.96 Å². The minimum absolute atomic E-state index is 0. The van der Waals surface area contributed by atoms with Gasteiger partial charge in [0, 0.05) is 50.5 Å². The first kappa shape index (κ1) is 23.3. The maximum Gasteiger partial charge on any atom is 0.191 e. The molecule has 9 heteroatoms. The molecule has 0 aliphatic rings. The average Bonchev–Trinajstić information content (AvgIpc) is 3.36. The zero-order valence-electron chi connectivity index (χ0n) is 17.1. The fourth-order valence-corrected chi connectivity index (χ4v) is 3.67. The molecule has 0 unspecified atom stereocenters. The SMILES string of the molecule is CCc1nncn1CCNC(=NC)NCCc1csc(-c2ccc(C)cc2)n1.I. The number of hydrogen-bond donors (Lipinski definition) is 2. The van der Waals surface area contributed by atoms with Gasteiger partial charge in [0.1, 0.15) is 17.2 Å². The van der Waals surface area contributed by atoms with Crippen molar-refractivity contribution in [3.05, 3.63) is 53.1 Å². The van der Waals surface area contributed by atoms with Crippen molar-refractivity contribution in [3.63, 3.8) is 0 Å². The van der Waals surface area contributed by atoms with E-state index in [9.17, 15) is 0 Å². The summed E-state index contributed by atoms with van der Waals surface area (Å²) in [5.74, 6) is 1.79. The lowest BCUT2D eigenvalue weighted by Crippen LogP contribution is -2.39. The lowest BCUT2D eigenvalue weighted by molar-refractivity contribution is 0.632. The second kappa shape index (κ2) is 11.9. The smallest absolute Gasteiger partial charge is 0.191 e. The molecule has 1 aromatic carbocycles. The lowest BCUT2D eigenvalue weighted by Gasteiger charge is -2.12. The van der Waals surface area contributed by atoms with Crippen LogP contribution in [0.3, 0.4) is 0 Å². The molecule has 29 heavy (non-hydrogen) atoms. The first-order valence-electron chi connectivity index (χ1n) is 9.52.